The number of nitrogens with zero attached hydrogens (tertiary/aromatic N) is 2. The van der Waals surface area contributed by atoms with Crippen LogP contribution in [0.4, 0.5) is 0 Å². The Morgan fingerprint density at radius 2 is 2.11 bits per heavy atom. The average molecular weight is 270 g/mol. The molecule has 1 aromatic rings. The van der Waals surface area contributed by atoms with Crippen molar-refractivity contribution in [1.29, 1.82) is 0 Å². The van der Waals surface area contributed by atoms with Crippen molar-refractivity contribution in [2.45, 2.75) is 32.3 Å². The quantitative estimate of drug-likeness (QED) is 0.785. The van der Waals surface area contributed by atoms with E-state index in [1.54, 1.807) is 14.2 Å². The van der Waals surface area contributed by atoms with E-state index in [0.717, 1.165) is 0 Å². The van der Waals surface area contributed by atoms with E-state index in [0.29, 0.717) is 19.0 Å². The van der Waals surface area contributed by atoms with Crippen molar-refractivity contribution >= 4 is 5.91 Å². The maximum atomic E-state index is 11.9. The number of amides is 1. The Balaban J connectivity index is 2.56. The smallest absolute Gasteiger partial charge is 0.291 e. The maximum absolute atomic E-state index is 11.9. The average Bonchev–Trinajstić information content (AvgIpc) is 2.83. The Morgan fingerprint density at radius 1 is 1.42 bits per heavy atom. The molecule has 0 aromatic carbocycles. The summed E-state index contributed by atoms with van der Waals surface area (Å²) in [7, 11) is 3.15. The van der Waals surface area contributed by atoms with E-state index in [-0.39, 0.29) is 23.3 Å². The number of methoxy groups -OCH3 is 2. The van der Waals surface area contributed by atoms with E-state index in [2.05, 4.69) is 20.5 Å². The Hall–Kier alpha value is -1.47. The third kappa shape index (κ3) is 4.60. The van der Waals surface area contributed by atoms with Crippen LogP contribution in [-0.4, -0.2) is 54.6 Å². The highest BCUT2D eigenvalue weighted by Crippen LogP contribution is 2.17. The summed E-state index contributed by atoms with van der Waals surface area (Å²) in [4.78, 5) is 16.0. The van der Waals surface area contributed by atoms with Gasteiger partial charge >= 0.3 is 0 Å². The van der Waals surface area contributed by atoms with Gasteiger partial charge in [-0.2, -0.15) is 0 Å². The van der Waals surface area contributed by atoms with Crippen molar-refractivity contribution in [3.8, 4) is 0 Å². The highest BCUT2D eigenvalue weighted by molar-refractivity contribution is 5.90. The molecule has 0 saturated heterocycles. The van der Waals surface area contributed by atoms with Crippen molar-refractivity contribution < 1.29 is 14.3 Å². The van der Waals surface area contributed by atoms with Gasteiger partial charge < -0.3 is 14.8 Å². The van der Waals surface area contributed by atoms with E-state index in [1.165, 1.54) is 0 Å². The number of hydrogen-bond donors (Lipinski definition) is 2. The maximum Gasteiger partial charge on any atom is 0.291 e. The zero-order valence-electron chi connectivity index (χ0n) is 12.1. The topological polar surface area (TPSA) is 89.1 Å². The van der Waals surface area contributed by atoms with Crippen LogP contribution >= 0.6 is 0 Å². The van der Waals surface area contributed by atoms with Crippen LogP contribution in [-0.2, 0) is 14.9 Å². The molecule has 0 saturated carbocycles. The summed E-state index contributed by atoms with van der Waals surface area (Å²) in [5, 5.41) is 9.40. The molecule has 0 aliphatic rings. The fourth-order valence-corrected chi connectivity index (χ4v) is 1.38. The molecule has 1 rings (SSSR count). The minimum atomic E-state index is -0.329. The zero-order chi connectivity index (χ0) is 14.5. The largest absolute Gasteiger partial charge is 0.382 e. The van der Waals surface area contributed by atoms with Gasteiger partial charge in [-0.15, -0.1) is 5.10 Å². The molecule has 0 aliphatic heterocycles. The monoisotopic (exact) mass is 270 g/mol. The SMILES string of the molecule is COCC(CNC(=O)c1n[nH]c(C(C)(C)C)n1)OC. The Bertz CT molecular complexity index is 411. The van der Waals surface area contributed by atoms with Gasteiger partial charge in [-0.1, -0.05) is 20.8 Å². The van der Waals surface area contributed by atoms with Gasteiger partial charge in [0.1, 0.15) is 5.82 Å². The number of H-pyrrole nitrogens is 1. The first-order valence-electron chi connectivity index (χ1n) is 6.11. The second-order valence-corrected chi connectivity index (χ2v) is 5.28. The van der Waals surface area contributed by atoms with Crippen molar-refractivity contribution in [3.05, 3.63) is 11.6 Å². The third-order valence-corrected chi connectivity index (χ3v) is 2.58. The molecule has 0 radical (unpaired) electrons. The molecule has 1 amide bonds. The van der Waals surface area contributed by atoms with Crippen LogP contribution in [0, 0.1) is 0 Å². The first-order valence-corrected chi connectivity index (χ1v) is 6.11. The summed E-state index contributed by atoms with van der Waals surface area (Å²) in [5.74, 6) is 0.486. The lowest BCUT2D eigenvalue weighted by Gasteiger charge is -2.14. The zero-order valence-corrected chi connectivity index (χ0v) is 12.1. The predicted molar refractivity (Wildman–Crippen MR) is 70.1 cm³/mol. The van der Waals surface area contributed by atoms with Crippen molar-refractivity contribution in [2.75, 3.05) is 27.4 Å². The number of rotatable bonds is 6. The van der Waals surface area contributed by atoms with Crippen LogP contribution in [0.1, 0.15) is 37.2 Å². The van der Waals surface area contributed by atoms with Crippen LogP contribution in [0.5, 0.6) is 0 Å². The number of aromatic nitrogens is 3. The van der Waals surface area contributed by atoms with Crippen molar-refractivity contribution in [1.82, 2.24) is 20.5 Å². The Labute approximate surface area is 113 Å². The normalized spacial score (nSPS) is 13.3. The summed E-state index contributed by atoms with van der Waals surface area (Å²) in [6.45, 7) is 6.75. The molecule has 19 heavy (non-hydrogen) atoms. The first-order chi connectivity index (χ1) is 8.88. The van der Waals surface area contributed by atoms with Crippen LogP contribution in [0.2, 0.25) is 0 Å². The fraction of sp³-hybridized carbons (Fsp3) is 0.750. The molecule has 1 aromatic heterocycles. The lowest BCUT2D eigenvalue weighted by Crippen LogP contribution is -2.36. The minimum Gasteiger partial charge on any atom is -0.382 e. The Kier molecular flexibility index (Phi) is 5.44. The molecule has 1 atom stereocenters. The summed E-state index contributed by atoms with van der Waals surface area (Å²) in [5.41, 5.74) is -0.170. The minimum absolute atomic E-state index is 0.136. The van der Waals surface area contributed by atoms with Crippen LogP contribution in [0.25, 0.3) is 0 Å². The van der Waals surface area contributed by atoms with Crippen LogP contribution in [0.15, 0.2) is 0 Å². The van der Waals surface area contributed by atoms with Crippen LogP contribution in [0.3, 0.4) is 0 Å². The first kappa shape index (κ1) is 15.6. The number of aromatic amines is 1. The van der Waals surface area contributed by atoms with Gasteiger partial charge in [-0.3, -0.25) is 9.89 Å². The summed E-state index contributed by atoms with van der Waals surface area (Å²) >= 11 is 0. The summed E-state index contributed by atoms with van der Waals surface area (Å²) < 4.78 is 10.1. The fourth-order valence-electron chi connectivity index (χ4n) is 1.38. The number of carbonyl (C=O) groups excluding carboxylic acids is 1. The molecule has 0 spiro atoms. The van der Waals surface area contributed by atoms with E-state index < -0.39 is 0 Å². The van der Waals surface area contributed by atoms with Gasteiger partial charge in [-0.05, 0) is 0 Å². The number of ether oxygens (including phenoxy) is 2. The Morgan fingerprint density at radius 3 is 2.58 bits per heavy atom. The van der Waals surface area contributed by atoms with Crippen molar-refractivity contribution in [2.24, 2.45) is 0 Å². The second kappa shape index (κ2) is 6.63. The van der Waals surface area contributed by atoms with Gasteiger partial charge in [0.2, 0.25) is 5.82 Å². The van der Waals surface area contributed by atoms with Crippen molar-refractivity contribution in [3.63, 3.8) is 0 Å². The molecular weight excluding hydrogens is 248 g/mol. The molecule has 1 heterocycles. The van der Waals surface area contributed by atoms with Gasteiger partial charge in [-0.25, -0.2) is 4.98 Å². The molecule has 108 valence electrons. The lowest BCUT2D eigenvalue weighted by molar-refractivity contribution is 0.0284. The van der Waals surface area contributed by atoms with E-state index in [9.17, 15) is 4.79 Å². The van der Waals surface area contributed by atoms with Gasteiger partial charge in [0, 0.05) is 26.2 Å². The summed E-state index contributed by atoms with van der Waals surface area (Å²) in [6.07, 6.45) is -0.185. The number of carbonyl (C=O) groups is 1. The molecule has 1 unspecified atom stereocenters. The highest BCUT2D eigenvalue weighted by atomic mass is 16.5. The van der Waals surface area contributed by atoms with Crippen LogP contribution < -0.4 is 5.32 Å². The van der Waals surface area contributed by atoms with E-state index in [1.807, 2.05) is 20.8 Å². The summed E-state index contributed by atoms with van der Waals surface area (Å²) in [6, 6.07) is 0. The predicted octanol–water partition coefficient (Wildman–Crippen LogP) is 0.493. The van der Waals surface area contributed by atoms with Gasteiger partial charge in [0.25, 0.3) is 5.91 Å². The molecule has 0 fully saturated rings. The number of hydrogen-bond acceptors (Lipinski definition) is 5. The number of nitrogens with one attached hydrogen (secondary N) is 2. The molecule has 7 heteroatoms. The highest BCUT2D eigenvalue weighted by Gasteiger charge is 2.21. The third-order valence-electron chi connectivity index (χ3n) is 2.58. The second-order valence-electron chi connectivity index (χ2n) is 5.28. The lowest BCUT2D eigenvalue weighted by atomic mass is 9.96. The van der Waals surface area contributed by atoms with E-state index in [4.69, 9.17) is 9.47 Å². The molecule has 7 nitrogen and oxygen atoms in total. The molecular formula is C12H22N4O3. The molecule has 0 aliphatic carbocycles. The van der Waals surface area contributed by atoms with Gasteiger partial charge in [0.15, 0.2) is 0 Å². The molecule has 2 N–H and O–H groups in total. The molecule has 0 bridgehead atoms. The standard InChI is InChI=1S/C12H22N4O3/c1-12(2,3)11-14-9(15-16-11)10(17)13-6-8(19-5)7-18-4/h8H,6-7H2,1-5H3,(H,13,17)(H,14,15,16). The van der Waals surface area contributed by atoms with E-state index >= 15 is 0 Å². The van der Waals surface area contributed by atoms with Gasteiger partial charge in [0.05, 0.1) is 12.7 Å².